The highest BCUT2D eigenvalue weighted by Gasteiger charge is 2.85. The number of carbonyl (C=O) groups excluding carboxylic acids is 2. The molecule has 0 aromatic carbocycles. The average Bonchev–Trinajstić information content (AvgIpc) is 3.34. The van der Waals surface area contributed by atoms with Gasteiger partial charge < -0.3 is 29.1 Å². The summed E-state index contributed by atoms with van der Waals surface area (Å²) in [6.45, 7) is 16.5. The number of rotatable bonds is 5. The van der Waals surface area contributed by atoms with E-state index in [2.05, 4.69) is 41.5 Å². The van der Waals surface area contributed by atoms with Crippen molar-refractivity contribution >= 4 is 18.2 Å². The van der Waals surface area contributed by atoms with Crippen molar-refractivity contribution in [1.82, 2.24) is 9.80 Å². The van der Waals surface area contributed by atoms with Crippen molar-refractivity contribution in [1.29, 1.82) is 0 Å². The number of ether oxygens (including phenoxy) is 3. The van der Waals surface area contributed by atoms with Gasteiger partial charge in [0.2, 0.25) is 0 Å². The first-order valence-electron chi connectivity index (χ1n) is 19.5. The second kappa shape index (κ2) is 11.2. The Balaban J connectivity index is 0.969. The Kier molecular flexibility index (Phi) is 7.76. The van der Waals surface area contributed by atoms with Crippen molar-refractivity contribution in [2.75, 3.05) is 26.2 Å². The first kappa shape index (κ1) is 33.1. The maximum Gasteiger partial charge on any atom is 0.410 e. The molecule has 3 saturated heterocycles. The number of likely N-dealkylation sites (tertiary alicyclic amines) is 2. The lowest BCUT2D eigenvalue weighted by Crippen LogP contribution is -2.55. The first-order valence-corrected chi connectivity index (χ1v) is 19.5. The quantitative estimate of drug-likeness (QED) is 0.330. The maximum atomic E-state index is 13.3. The van der Waals surface area contributed by atoms with Gasteiger partial charge in [0.05, 0.1) is 18.1 Å². The van der Waals surface area contributed by atoms with Crippen molar-refractivity contribution in [3.8, 4) is 0 Å². The zero-order valence-electron chi connectivity index (χ0n) is 30.2. The molecule has 9 nitrogen and oxygen atoms in total. The Morgan fingerprint density at radius 2 is 1.58 bits per heavy atom. The minimum Gasteiger partial charge on any atom is -0.481 e. The average molecular weight is 669 g/mol. The van der Waals surface area contributed by atoms with Gasteiger partial charge in [-0.15, -0.1) is 0 Å². The third-order valence-electron chi connectivity index (χ3n) is 16.6. The summed E-state index contributed by atoms with van der Waals surface area (Å²) in [6.07, 6.45) is 11.3. The predicted molar refractivity (Wildman–Crippen MR) is 179 cm³/mol. The fourth-order valence-corrected chi connectivity index (χ4v) is 14.1. The Morgan fingerprint density at radius 3 is 2.25 bits per heavy atom. The van der Waals surface area contributed by atoms with E-state index in [1.807, 2.05) is 4.90 Å². The van der Waals surface area contributed by atoms with Crippen molar-refractivity contribution in [2.24, 2.45) is 63.1 Å². The third kappa shape index (κ3) is 4.46. The van der Waals surface area contributed by atoms with Crippen LogP contribution in [-0.4, -0.2) is 83.7 Å². The maximum absolute atomic E-state index is 13.3. The van der Waals surface area contributed by atoms with Crippen molar-refractivity contribution < 1.29 is 33.7 Å². The second-order valence-corrected chi connectivity index (χ2v) is 18.7. The van der Waals surface area contributed by atoms with E-state index in [1.165, 1.54) is 32.1 Å². The van der Waals surface area contributed by atoms with Crippen LogP contribution in [0.3, 0.4) is 0 Å². The minimum atomic E-state index is -0.825. The highest BCUT2D eigenvalue weighted by Crippen LogP contribution is 2.89. The normalized spacial score (nSPS) is 47.4. The Labute approximate surface area is 287 Å². The van der Waals surface area contributed by atoms with Crippen molar-refractivity contribution in [3.63, 3.8) is 0 Å². The molecule has 2 spiro atoms. The molecule has 268 valence electrons. The zero-order valence-corrected chi connectivity index (χ0v) is 30.2. The molecule has 13 atom stereocenters. The van der Waals surface area contributed by atoms with E-state index in [-0.39, 0.29) is 54.5 Å². The summed E-state index contributed by atoms with van der Waals surface area (Å²) < 4.78 is 19.5. The second-order valence-electron chi connectivity index (χ2n) is 18.7. The van der Waals surface area contributed by atoms with E-state index < -0.39 is 11.9 Å². The number of hydrogen-bond donors (Lipinski definition) is 1. The molecular weight excluding hydrogens is 608 g/mol. The lowest BCUT2D eigenvalue weighted by Gasteiger charge is -2.59. The monoisotopic (exact) mass is 668 g/mol. The topological polar surface area (TPSA) is 106 Å². The fourth-order valence-electron chi connectivity index (χ4n) is 14.1. The van der Waals surface area contributed by atoms with Gasteiger partial charge in [-0.3, -0.25) is 4.79 Å². The number of carboxylic acids is 1. The van der Waals surface area contributed by atoms with Crippen molar-refractivity contribution in [2.45, 2.75) is 137 Å². The van der Waals surface area contributed by atoms with Crippen LogP contribution in [0.25, 0.3) is 0 Å². The van der Waals surface area contributed by atoms with E-state index in [0.717, 1.165) is 45.2 Å². The van der Waals surface area contributed by atoms with Crippen LogP contribution in [0.4, 0.5) is 9.59 Å². The van der Waals surface area contributed by atoms with Crippen LogP contribution in [0.1, 0.15) is 112 Å². The molecule has 7 unspecified atom stereocenters. The first-order chi connectivity index (χ1) is 22.8. The van der Waals surface area contributed by atoms with Gasteiger partial charge in [0.15, 0.2) is 0 Å². The molecule has 48 heavy (non-hydrogen) atoms. The van der Waals surface area contributed by atoms with E-state index in [4.69, 9.17) is 14.2 Å². The van der Waals surface area contributed by atoms with Gasteiger partial charge in [-0.05, 0) is 122 Å². The largest absolute Gasteiger partial charge is 0.481 e. The number of carboxylic acid groups (broad SMARTS) is 1. The summed E-state index contributed by atoms with van der Waals surface area (Å²) in [5, 5.41) is 9.44. The molecule has 3 aliphatic heterocycles. The zero-order chi connectivity index (χ0) is 34.0. The number of aliphatic carboxylic acids is 1. The van der Waals surface area contributed by atoms with Crippen LogP contribution in [-0.2, 0) is 19.0 Å². The van der Waals surface area contributed by atoms with E-state index in [9.17, 15) is 19.5 Å². The molecular formula is C39H60N2O7. The number of hydrogen-bond acceptors (Lipinski definition) is 6. The summed E-state index contributed by atoms with van der Waals surface area (Å²) in [5.74, 6) is 2.07. The molecule has 5 saturated carbocycles. The van der Waals surface area contributed by atoms with Gasteiger partial charge in [0, 0.05) is 31.6 Å². The van der Waals surface area contributed by atoms with E-state index >= 15 is 0 Å². The highest BCUT2D eigenvalue weighted by atomic mass is 16.6. The molecule has 2 amide bonds. The lowest BCUT2D eigenvalue weighted by molar-refractivity contribution is -0.151. The van der Waals surface area contributed by atoms with Gasteiger partial charge in [-0.25, -0.2) is 9.59 Å². The number of carbonyl (C=O) groups is 3. The summed E-state index contributed by atoms with van der Waals surface area (Å²) >= 11 is 0. The number of amides is 2. The molecule has 0 aromatic heterocycles. The molecule has 8 rings (SSSR count). The molecule has 0 aromatic rings. The van der Waals surface area contributed by atoms with Gasteiger partial charge in [0.25, 0.3) is 0 Å². The molecule has 0 radical (unpaired) electrons. The summed E-state index contributed by atoms with van der Waals surface area (Å²) in [7, 11) is 0. The van der Waals surface area contributed by atoms with E-state index in [1.54, 1.807) is 4.90 Å². The van der Waals surface area contributed by atoms with Gasteiger partial charge in [-0.1, -0.05) is 41.5 Å². The standard InChI is InChI=1S/C39H60N2O7/c1-22(2)32(48-34(44)40-17-7-18-40)28-10-8-26-29(46-28)20-27-25-9-11-30-36(4,5)31(47-35(45)41-19-13-24(21-41)33(42)43)12-14-39(30)23(3)38(25,39)16-15-37(26,27)6/h22-32H,7-21H2,1-6H3,(H,42,43)/t23-,24-,25?,26?,27?,28?,29?,30?,31-,32+,37+,38-,39?/m0/s1. The summed E-state index contributed by atoms with van der Waals surface area (Å²) in [6, 6.07) is 0. The Hall–Kier alpha value is -2.03. The summed E-state index contributed by atoms with van der Waals surface area (Å²) in [4.78, 5) is 41.0. The SMILES string of the molecule is CC(C)[C@@H](OC(=O)N1CCC1)C1CCC2C(CC3C4CCC5C(C)(C)[C@@H](OC(=O)N6CC[C@H](C(=O)O)C6)CCC56[C@@H](C)[C@@]46CC[C@]23C)O1. The van der Waals surface area contributed by atoms with Crippen LogP contribution < -0.4 is 0 Å². The molecule has 3 heterocycles. The Morgan fingerprint density at radius 1 is 0.833 bits per heavy atom. The van der Waals surface area contributed by atoms with Gasteiger partial charge in [-0.2, -0.15) is 0 Å². The van der Waals surface area contributed by atoms with Gasteiger partial charge >= 0.3 is 18.2 Å². The molecule has 8 aliphatic rings. The van der Waals surface area contributed by atoms with Crippen LogP contribution in [0, 0.1) is 63.1 Å². The van der Waals surface area contributed by atoms with Crippen LogP contribution in [0.5, 0.6) is 0 Å². The number of nitrogens with zero attached hydrogens (tertiary/aromatic N) is 2. The number of fused-ring (bicyclic) bond motifs is 4. The minimum absolute atomic E-state index is 0.0227. The smallest absolute Gasteiger partial charge is 0.410 e. The van der Waals surface area contributed by atoms with E-state index in [0.29, 0.717) is 58.8 Å². The third-order valence-corrected chi connectivity index (χ3v) is 16.6. The fraction of sp³-hybridized carbons (Fsp3) is 0.923. The highest BCUT2D eigenvalue weighted by molar-refractivity contribution is 5.74. The molecule has 9 heteroatoms. The Bertz CT molecular complexity index is 1330. The van der Waals surface area contributed by atoms with Crippen LogP contribution >= 0.6 is 0 Å². The molecule has 8 fully saturated rings. The van der Waals surface area contributed by atoms with Crippen LogP contribution in [0.2, 0.25) is 0 Å². The molecule has 0 bridgehead atoms. The van der Waals surface area contributed by atoms with Gasteiger partial charge in [0.1, 0.15) is 12.2 Å². The lowest BCUT2D eigenvalue weighted by atomic mass is 9.46. The summed E-state index contributed by atoms with van der Waals surface area (Å²) in [5.41, 5.74) is 0.866. The van der Waals surface area contributed by atoms with Crippen LogP contribution in [0.15, 0.2) is 0 Å². The van der Waals surface area contributed by atoms with Crippen molar-refractivity contribution in [3.05, 3.63) is 0 Å². The molecule has 1 N–H and O–H groups in total. The predicted octanol–water partition coefficient (Wildman–Crippen LogP) is 7.22. The molecule has 5 aliphatic carbocycles.